The molecule has 21 heavy (non-hydrogen) atoms. The van der Waals surface area contributed by atoms with Crippen molar-refractivity contribution in [3.63, 3.8) is 0 Å². The second kappa shape index (κ2) is 6.33. The van der Waals surface area contributed by atoms with Crippen LogP contribution in [0.25, 0.3) is 6.08 Å². The number of esters is 1. The molecule has 0 aliphatic carbocycles. The molecular formula is C16H19F3O2. The summed E-state index contributed by atoms with van der Waals surface area (Å²) < 4.78 is 43.2. The van der Waals surface area contributed by atoms with Gasteiger partial charge in [0, 0.05) is 0 Å². The lowest BCUT2D eigenvalue weighted by Gasteiger charge is -2.25. The first-order chi connectivity index (χ1) is 9.52. The molecule has 2 nitrogen and oxygen atoms in total. The lowest BCUT2D eigenvalue weighted by Crippen LogP contribution is -2.30. The molecule has 1 rings (SSSR count). The molecule has 0 saturated heterocycles. The van der Waals surface area contributed by atoms with Crippen LogP contribution in [0.1, 0.15) is 44.2 Å². The maximum atomic E-state index is 12.7. The molecule has 0 bridgehead atoms. The maximum absolute atomic E-state index is 12.7. The quantitative estimate of drug-likeness (QED) is 0.753. The first-order valence-electron chi connectivity index (χ1n) is 6.54. The van der Waals surface area contributed by atoms with Gasteiger partial charge in [-0.1, -0.05) is 36.9 Å². The Bertz CT molecular complexity index is 496. The molecule has 0 radical (unpaired) electrons. The molecule has 116 valence electrons. The Labute approximate surface area is 122 Å². The van der Waals surface area contributed by atoms with Crippen molar-refractivity contribution in [2.45, 2.75) is 44.9 Å². The van der Waals surface area contributed by atoms with Gasteiger partial charge in [0.15, 0.2) is 0 Å². The molecule has 0 fully saturated rings. The van der Waals surface area contributed by atoms with E-state index in [0.29, 0.717) is 0 Å². The lowest BCUT2D eigenvalue weighted by molar-refractivity contribution is -0.169. The van der Waals surface area contributed by atoms with Gasteiger partial charge >= 0.3 is 12.1 Å². The molecule has 0 spiro atoms. The minimum atomic E-state index is -4.45. The summed E-state index contributed by atoms with van der Waals surface area (Å²) in [5.41, 5.74) is 0.225. The van der Waals surface area contributed by atoms with Gasteiger partial charge in [0.2, 0.25) is 0 Å². The number of alkyl halides is 3. The van der Waals surface area contributed by atoms with Crippen LogP contribution in [0.4, 0.5) is 13.2 Å². The molecule has 1 aromatic carbocycles. The molecule has 5 heteroatoms. The van der Waals surface area contributed by atoms with E-state index in [2.05, 4.69) is 6.58 Å². The molecule has 0 N–H and O–H groups in total. The fourth-order valence-electron chi connectivity index (χ4n) is 1.81. The molecule has 1 unspecified atom stereocenters. The fourth-order valence-corrected chi connectivity index (χ4v) is 1.81. The topological polar surface area (TPSA) is 26.3 Å². The van der Waals surface area contributed by atoms with Gasteiger partial charge < -0.3 is 4.74 Å². The van der Waals surface area contributed by atoms with Crippen LogP contribution >= 0.6 is 0 Å². The van der Waals surface area contributed by atoms with E-state index in [0.717, 1.165) is 5.56 Å². The van der Waals surface area contributed by atoms with Gasteiger partial charge in [0.05, 0.1) is 12.3 Å². The fraction of sp³-hybridized carbons (Fsp3) is 0.438. The molecule has 1 aromatic rings. The van der Waals surface area contributed by atoms with Gasteiger partial charge in [-0.15, -0.1) is 0 Å². The zero-order valence-corrected chi connectivity index (χ0v) is 12.3. The summed E-state index contributed by atoms with van der Waals surface area (Å²) in [6.45, 7) is 8.44. The van der Waals surface area contributed by atoms with Crippen LogP contribution in [0.3, 0.4) is 0 Å². The number of hydrogen-bond acceptors (Lipinski definition) is 2. The highest BCUT2D eigenvalue weighted by Gasteiger charge is 2.38. The van der Waals surface area contributed by atoms with Crippen molar-refractivity contribution in [3.8, 4) is 0 Å². The standard InChI is InChI=1S/C16H19F3O2/c1-5-11-6-8-12(9-7-11)13(10-16(17,18)19)14(20)21-15(2,3)4/h5-9,13H,1,10H2,2-4H3. The lowest BCUT2D eigenvalue weighted by atomic mass is 9.94. The number of benzene rings is 1. The highest BCUT2D eigenvalue weighted by atomic mass is 19.4. The predicted molar refractivity (Wildman–Crippen MR) is 75.8 cm³/mol. The van der Waals surface area contributed by atoms with Gasteiger partial charge in [0.1, 0.15) is 5.60 Å². The van der Waals surface area contributed by atoms with E-state index in [9.17, 15) is 18.0 Å². The van der Waals surface area contributed by atoms with Crippen molar-refractivity contribution in [2.24, 2.45) is 0 Å². The second-order valence-electron chi connectivity index (χ2n) is 5.78. The maximum Gasteiger partial charge on any atom is 0.390 e. The van der Waals surface area contributed by atoms with Crippen LogP contribution in [-0.4, -0.2) is 17.7 Å². The molecule has 1 atom stereocenters. The average molecular weight is 300 g/mol. The summed E-state index contributed by atoms with van der Waals surface area (Å²) in [7, 11) is 0. The normalized spacial score (nSPS) is 13.6. The van der Waals surface area contributed by atoms with Crippen molar-refractivity contribution in [2.75, 3.05) is 0 Å². The van der Waals surface area contributed by atoms with Gasteiger partial charge in [-0.2, -0.15) is 13.2 Å². The number of hydrogen-bond donors (Lipinski definition) is 0. The van der Waals surface area contributed by atoms with E-state index < -0.39 is 30.1 Å². The summed E-state index contributed by atoms with van der Waals surface area (Å²) in [4.78, 5) is 12.0. The van der Waals surface area contributed by atoms with Crippen LogP contribution in [0.15, 0.2) is 30.8 Å². The van der Waals surface area contributed by atoms with Crippen LogP contribution in [-0.2, 0) is 9.53 Å². The highest BCUT2D eigenvalue weighted by molar-refractivity contribution is 5.78. The number of carbonyl (C=O) groups excluding carboxylic acids is 1. The number of halogens is 3. The summed E-state index contributed by atoms with van der Waals surface area (Å²) in [6, 6.07) is 6.24. The molecule has 0 aliphatic rings. The Balaban J connectivity index is 3.06. The first kappa shape index (κ1) is 17.3. The van der Waals surface area contributed by atoms with Crippen molar-refractivity contribution in [1.29, 1.82) is 0 Å². The largest absolute Gasteiger partial charge is 0.459 e. The highest BCUT2D eigenvalue weighted by Crippen LogP contribution is 2.33. The van der Waals surface area contributed by atoms with Crippen molar-refractivity contribution >= 4 is 12.0 Å². The Kier molecular flexibility index (Phi) is 5.20. The summed E-state index contributed by atoms with van der Waals surface area (Å²) in [5, 5.41) is 0. The zero-order chi connectivity index (χ0) is 16.3. The smallest absolute Gasteiger partial charge is 0.390 e. The Morgan fingerprint density at radius 3 is 2.14 bits per heavy atom. The van der Waals surface area contributed by atoms with Gasteiger partial charge in [-0.05, 0) is 31.9 Å². The average Bonchev–Trinajstić information content (AvgIpc) is 2.33. The first-order valence-corrected chi connectivity index (χ1v) is 6.54. The minimum Gasteiger partial charge on any atom is -0.459 e. The van der Waals surface area contributed by atoms with E-state index in [1.54, 1.807) is 39.0 Å². The zero-order valence-electron chi connectivity index (χ0n) is 12.3. The molecule has 0 saturated carbocycles. The molecule has 0 aliphatic heterocycles. The Morgan fingerprint density at radius 2 is 1.76 bits per heavy atom. The SMILES string of the molecule is C=Cc1ccc(C(CC(F)(F)F)C(=O)OC(C)(C)C)cc1. The van der Waals surface area contributed by atoms with E-state index in [-0.39, 0.29) is 5.56 Å². The Morgan fingerprint density at radius 1 is 1.24 bits per heavy atom. The summed E-state index contributed by atoms with van der Waals surface area (Å²) in [6.07, 6.45) is -4.11. The van der Waals surface area contributed by atoms with Crippen LogP contribution in [0.5, 0.6) is 0 Å². The molecule has 0 aromatic heterocycles. The van der Waals surface area contributed by atoms with E-state index in [1.807, 2.05) is 0 Å². The number of ether oxygens (including phenoxy) is 1. The van der Waals surface area contributed by atoms with Crippen LogP contribution < -0.4 is 0 Å². The van der Waals surface area contributed by atoms with Crippen molar-refractivity contribution < 1.29 is 22.7 Å². The van der Waals surface area contributed by atoms with Gasteiger partial charge in [-0.3, -0.25) is 4.79 Å². The summed E-state index contributed by atoms with van der Waals surface area (Å²) in [5.74, 6) is -2.23. The van der Waals surface area contributed by atoms with E-state index >= 15 is 0 Å². The van der Waals surface area contributed by atoms with E-state index in [1.165, 1.54) is 12.1 Å². The van der Waals surface area contributed by atoms with Gasteiger partial charge in [0.25, 0.3) is 0 Å². The van der Waals surface area contributed by atoms with Crippen molar-refractivity contribution in [1.82, 2.24) is 0 Å². The number of rotatable bonds is 4. The minimum absolute atomic E-state index is 0.284. The third-order valence-electron chi connectivity index (χ3n) is 2.70. The van der Waals surface area contributed by atoms with Gasteiger partial charge in [-0.25, -0.2) is 0 Å². The van der Waals surface area contributed by atoms with E-state index in [4.69, 9.17) is 4.74 Å². The number of carbonyl (C=O) groups is 1. The monoisotopic (exact) mass is 300 g/mol. The molecular weight excluding hydrogens is 281 g/mol. The predicted octanol–water partition coefficient (Wildman–Crippen LogP) is 4.71. The third-order valence-corrected chi connectivity index (χ3v) is 2.70. The Hall–Kier alpha value is -1.78. The second-order valence-corrected chi connectivity index (χ2v) is 5.78. The van der Waals surface area contributed by atoms with Crippen LogP contribution in [0.2, 0.25) is 0 Å². The van der Waals surface area contributed by atoms with Crippen LogP contribution in [0, 0.1) is 0 Å². The third kappa shape index (κ3) is 6.02. The molecule has 0 heterocycles. The van der Waals surface area contributed by atoms with Crippen molar-refractivity contribution in [3.05, 3.63) is 42.0 Å². The molecule has 0 amide bonds. The summed E-state index contributed by atoms with van der Waals surface area (Å²) >= 11 is 0.